The standard InChI is InChI=1S/C8H9FN2/c1-6-2-3-7(5-11-10)4-8(6)9/h2-5H,10H2,1H3. The van der Waals surface area contributed by atoms with Gasteiger partial charge in [0, 0.05) is 0 Å². The van der Waals surface area contributed by atoms with Crippen LogP contribution in [-0.4, -0.2) is 6.21 Å². The molecule has 0 fully saturated rings. The van der Waals surface area contributed by atoms with Crippen molar-refractivity contribution in [2.24, 2.45) is 10.9 Å². The second kappa shape index (κ2) is 3.14. The van der Waals surface area contributed by atoms with Gasteiger partial charge in [0.15, 0.2) is 0 Å². The van der Waals surface area contributed by atoms with Gasteiger partial charge in [-0.3, -0.25) is 0 Å². The zero-order chi connectivity index (χ0) is 8.27. The fraction of sp³-hybridized carbons (Fsp3) is 0.125. The van der Waals surface area contributed by atoms with Gasteiger partial charge in [0.25, 0.3) is 0 Å². The van der Waals surface area contributed by atoms with Crippen LogP contribution in [0.1, 0.15) is 11.1 Å². The lowest BCUT2D eigenvalue weighted by Gasteiger charge is -1.95. The van der Waals surface area contributed by atoms with Gasteiger partial charge in [-0.1, -0.05) is 12.1 Å². The molecule has 0 atom stereocenters. The summed E-state index contributed by atoms with van der Waals surface area (Å²) in [6.45, 7) is 1.71. The minimum absolute atomic E-state index is 0.234. The molecule has 0 amide bonds. The molecule has 1 rings (SSSR count). The van der Waals surface area contributed by atoms with Crippen LogP contribution in [0.5, 0.6) is 0 Å². The second-order valence-corrected chi connectivity index (χ2v) is 2.29. The zero-order valence-electron chi connectivity index (χ0n) is 6.21. The summed E-state index contributed by atoms with van der Waals surface area (Å²) < 4.78 is 12.8. The molecule has 58 valence electrons. The van der Waals surface area contributed by atoms with Crippen molar-refractivity contribution in [2.45, 2.75) is 6.92 Å². The maximum atomic E-state index is 12.8. The van der Waals surface area contributed by atoms with Crippen LogP contribution >= 0.6 is 0 Å². The van der Waals surface area contributed by atoms with E-state index < -0.39 is 0 Å². The topological polar surface area (TPSA) is 38.4 Å². The summed E-state index contributed by atoms with van der Waals surface area (Å²) >= 11 is 0. The lowest BCUT2D eigenvalue weighted by Crippen LogP contribution is -1.89. The largest absolute Gasteiger partial charge is 0.323 e. The Bertz CT molecular complexity index is 281. The smallest absolute Gasteiger partial charge is 0.126 e. The van der Waals surface area contributed by atoms with E-state index in [1.165, 1.54) is 12.3 Å². The number of nitrogens with two attached hydrogens (primary N) is 1. The van der Waals surface area contributed by atoms with Crippen LogP contribution in [0.15, 0.2) is 23.3 Å². The molecule has 3 heteroatoms. The van der Waals surface area contributed by atoms with Gasteiger partial charge in [-0.05, 0) is 24.1 Å². The molecule has 0 aliphatic rings. The molecular weight excluding hydrogens is 143 g/mol. The van der Waals surface area contributed by atoms with Crippen LogP contribution in [0.4, 0.5) is 4.39 Å². The first kappa shape index (κ1) is 7.72. The highest BCUT2D eigenvalue weighted by molar-refractivity contribution is 5.79. The number of halogens is 1. The van der Waals surface area contributed by atoms with E-state index in [4.69, 9.17) is 5.84 Å². The molecule has 0 saturated carbocycles. The van der Waals surface area contributed by atoms with Gasteiger partial charge >= 0.3 is 0 Å². The molecule has 0 heterocycles. The molecule has 0 aliphatic heterocycles. The van der Waals surface area contributed by atoms with Gasteiger partial charge in [0.05, 0.1) is 6.21 Å². The number of hydrogen-bond donors (Lipinski definition) is 1. The molecule has 0 unspecified atom stereocenters. The number of benzene rings is 1. The van der Waals surface area contributed by atoms with Crippen molar-refractivity contribution in [3.63, 3.8) is 0 Å². The maximum absolute atomic E-state index is 12.8. The fourth-order valence-electron chi connectivity index (χ4n) is 0.775. The highest BCUT2D eigenvalue weighted by Gasteiger charge is 1.95. The van der Waals surface area contributed by atoms with E-state index in [2.05, 4.69) is 5.10 Å². The molecule has 0 saturated heterocycles. The Labute approximate surface area is 64.5 Å². The third kappa shape index (κ3) is 1.77. The Morgan fingerprint density at radius 3 is 2.82 bits per heavy atom. The summed E-state index contributed by atoms with van der Waals surface area (Å²) in [5, 5.41) is 3.29. The van der Waals surface area contributed by atoms with Gasteiger partial charge in [-0.2, -0.15) is 5.10 Å². The van der Waals surface area contributed by atoms with Crippen LogP contribution < -0.4 is 5.84 Å². The second-order valence-electron chi connectivity index (χ2n) is 2.29. The molecule has 11 heavy (non-hydrogen) atoms. The third-order valence-corrected chi connectivity index (χ3v) is 1.42. The number of hydrazone groups is 1. The lowest BCUT2D eigenvalue weighted by molar-refractivity contribution is 0.618. The van der Waals surface area contributed by atoms with Gasteiger partial charge in [0.1, 0.15) is 5.82 Å². The van der Waals surface area contributed by atoms with Crippen molar-refractivity contribution in [2.75, 3.05) is 0 Å². The molecule has 2 nitrogen and oxygen atoms in total. The van der Waals surface area contributed by atoms with E-state index >= 15 is 0 Å². The Morgan fingerprint density at radius 1 is 1.55 bits per heavy atom. The number of aryl methyl sites for hydroxylation is 1. The minimum Gasteiger partial charge on any atom is -0.323 e. The van der Waals surface area contributed by atoms with Crippen LogP contribution in [0.25, 0.3) is 0 Å². The molecule has 1 aromatic rings. The Morgan fingerprint density at radius 2 is 2.27 bits per heavy atom. The van der Waals surface area contributed by atoms with Crippen LogP contribution in [0, 0.1) is 12.7 Å². The highest BCUT2D eigenvalue weighted by Crippen LogP contribution is 2.06. The van der Waals surface area contributed by atoms with Crippen LogP contribution in [0.2, 0.25) is 0 Å². The summed E-state index contributed by atoms with van der Waals surface area (Å²) in [5.74, 6) is 4.66. The molecule has 0 aromatic heterocycles. The van der Waals surface area contributed by atoms with Gasteiger partial charge in [0.2, 0.25) is 0 Å². The van der Waals surface area contributed by atoms with Crippen molar-refractivity contribution in [1.29, 1.82) is 0 Å². The highest BCUT2D eigenvalue weighted by atomic mass is 19.1. The van der Waals surface area contributed by atoms with Crippen molar-refractivity contribution < 1.29 is 4.39 Å². The average Bonchev–Trinajstić information content (AvgIpc) is 1.98. The van der Waals surface area contributed by atoms with E-state index in [9.17, 15) is 4.39 Å². The molecule has 0 bridgehead atoms. The van der Waals surface area contributed by atoms with Gasteiger partial charge < -0.3 is 5.84 Å². The maximum Gasteiger partial charge on any atom is 0.126 e. The quantitative estimate of drug-likeness (QED) is 0.369. The summed E-state index contributed by atoms with van der Waals surface area (Å²) in [4.78, 5) is 0. The van der Waals surface area contributed by atoms with E-state index in [-0.39, 0.29) is 5.82 Å². The number of nitrogens with zero attached hydrogens (tertiary/aromatic N) is 1. The third-order valence-electron chi connectivity index (χ3n) is 1.42. The minimum atomic E-state index is -0.234. The lowest BCUT2D eigenvalue weighted by atomic mass is 10.1. The van der Waals surface area contributed by atoms with Gasteiger partial charge in [-0.25, -0.2) is 4.39 Å². The Hall–Kier alpha value is -1.38. The summed E-state index contributed by atoms with van der Waals surface area (Å²) in [5.41, 5.74) is 1.30. The predicted molar refractivity (Wildman–Crippen MR) is 42.9 cm³/mol. The first-order chi connectivity index (χ1) is 5.24. The summed E-state index contributed by atoms with van der Waals surface area (Å²) in [6, 6.07) is 4.84. The number of rotatable bonds is 1. The summed E-state index contributed by atoms with van der Waals surface area (Å²) in [7, 11) is 0. The predicted octanol–water partition coefficient (Wildman–Crippen LogP) is 1.43. The average molecular weight is 152 g/mol. The Kier molecular flexibility index (Phi) is 2.21. The van der Waals surface area contributed by atoms with Crippen molar-refractivity contribution in [1.82, 2.24) is 0 Å². The summed E-state index contributed by atoms with van der Waals surface area (Å²) in [6.07, 6.45) is 1.41. The normalized spacial score (nSPS) is 10.7. The molecular formula is C8H9FN2. The Balaban J connectivity index is 3.05. The molecule has 2 N–H and O–H groups in total. The monoisotopic (exact) mass is 152 g/mol. The molecule has 0 radical (unpaired) electrons. The molecule has 0 aliphatic carbocycles. The van der Waals surface area contributed by atoms with E-state index in [0.29, 0.717) is 11.1 Å². The van der Waals surface area contributed by atoms with Crippen molar-refractivity contribution in [3.8, 4) is 0 Å². The van der Waals surface area contributed by atoms with E-state index in [0.717, 1.165) is 0 Å². The zero-order valence-corrected chi connectivity index (χ0v) is 6.21. The fourth-order valence-corrected chi connectivity index (χ4v) is 0.775. The first-order valence-corrected chi connectivity index (χ1v) is 3.23. The molecule has 1 aromatic carbocycles. The van der Waals surface area contributed by atoms with Crippen LogP contribution in [-0.2, 0) is 0 Å². The SMILES string of the molecule is Cc1ccc(C=NN)cc1F. The number of hydrogen-bond acceptors (Lipinski definition) is 2. The van der Waals surface area contributed by atoms with Gasteiger partial charge in [-0.15, -0.1) is 0 Å². The van der Waals surface area contributed by atoms with E-state index in [1.54, 1.807) is 19.1 Å². The van der Waals surface area contributed by atoms with Crippen LogP contribution in [0.3, 0.4) is 0 Å². The van der Waals surface area contributed by atoms with Crippen molar-refractivity contribution in [3.05, 3.63) is 35.1 Å². The van der Waals surface area contributed by atoms with E-state index in [1.807, 2.05) is 0 Å². The molecule has 0 spiro atoms. The first-order valence-electron chi connectivity index (χ1n) is 3.23. The van der Waals surface area contributed by atoms with Crippen molar-refractivity contribution >= 4 is 6.21 Å².